The Labute approximate surface area is 105 Å². The standard InChI is InChI=1S/C10H12ClN3O2S/c11-7-4-9-10(12-5-7)14-3-1-2-8(14)6-13-17(9,15)16/h4-5,8,13H,1-3,6H2/t8-/m0/s1. The van der Waals surface area contributed by atoms with Crippen LogP contribution in [0.5, 0.6) is 0 Å². The SMILES string of the molecule is O=S1(=O)NC[C@@H]2CCCN2c2ncc(Cl)cc21. The molecule has 1 aromatic heterocycles. The minimum Gasteiger partial charge on any atom is -0.351 e. The number of nitrogens with one attached hydrogen (secondary N) is 1. The van der Waals surface area contributed by atoms with Crippen molar-refractivity contribution in [2.45, 2.75) is 23.8 Å². The minimum absolute atomic E-state index is 0.189. The molecule has 92 valence electrons. The number of nitrogens with zero attached hydrogens (tertiary/aromatic N) is 2. The van der Waals surface area contributed by atoms with Crippen molar-refractivity contribution in [2.75, 3.05) is 18.0 Å². The van der Waals surface area contributed by atoms with Crippen LogP contribution in [0, 0.1) is 0 Å². The van der Waals surface area contributed by atoms with Crippen molar-refractivity contribution in [2.24, 2.45) is 0 Å². The second kappa shape index (κ2) is 3.83. The molecule has 2 aliphatic heterocycles. The third kappa shape index (κ3) is 1.80. The van der Waals surface area contributed by atoms with Crippen molar-refractivity contribution in [1.82, 2.24) is 9.71 Å². The predicted octanol–water partition coefficient (Wildman–Crippen LogP) is 0.996. The first-order valence-electron chi connectivity index (χ1n) is 5.50. The highest BCUT2D eigenvalue weighted by Crippen LogP contribution is 2.33. The molecule has 0 radical (unpaired) electrons. The lowest BCUT2D eigenvalue weighted by molar-refractivity contribution is 0.575. The molecule has 1 fully saturated rings. The number of halogens is 1. The van der Waals surface area contributed by atoms with Crippen LogP contribution in [0.2, 0.25) is 5.02 Å². The van der Waals surface area contributed by atoms with Gasteiger partial charge in [0.2, 0.25) is 10.0 Å². The molecule has 0 amide bonds. The predicted molar refractivity (Wildman–Crippen MR) is 64.8 cm³/mol. The van der Waals surface area contributed by atoms with E-state index in [1.54, 1.807) is 0 Å². The fraction of sp³-hybridized carbons (Fsp3) is 0.500. The molecule has 1 N–H and O–H groups in total. The van der Waals surface area contributed by atoms with E-state index >= 15 is 0 Å². The number of pyridine rings is 1. The van der Waals surface area contributed by atoms with E-state index in [9.17, 15) is 8.42 Å². The van der Waals surface area contributed by atoms with Gasteiger partial charge in [0, 0.05) is 25.3 Å². The first-order chi connectivity index (χ1) is 8.08. The van der Waals surface area contributed by atoms with Gasteiger partial charge in [-0.25, -0.2) is 18.1 Å². The van der Waals surface area contributed by atoms with Crippen molar-refractivity contribution in [3.8, 4) is 0 Å². The van der Waals surface area contributed by atoms with Crippen LogP contribution in [0.3, 0.4) is 0 Å². The molecule has 0 aliphatic carbocycles. The molecule has 0 bridgehead atoms. The van der Waals surface area contributed by atoms with Crippen LogP contribution in [0.25, 0.3) is 0 Å². The molecule has 3 heterocycles. The lowest BCUT2D eigenvalue weighted by Crippen LogP contribution is -2.36. The molecule has 3 rings (SSSR count). The van der Waals surface area contributed by atoms with Crippen molar-refractivity contribution >= 4 is 27.4 Å². The van der Waals surface area contributed by atoms with Gasteiger partial charge in [-0.3, -0.25) is 0 Å². The van der Waals surface area contributed by atoms with E-state index in [1.165, 1.54) is 12.3 Å². The summed E-state index contributed by atoms with van der Waals surface area (Å²) in [6.07, 6.45) is 3.55. The van der Waals surface area contributed by atoms with E-state index in [1.807, 2.05) is 0 Å². The molecule has 1 aromatic rings. The van der Waals surface area contributed by atoms with Gasteiger partial charge < -0.3 is 4.90 Å². The Morgan fingerprint density at radius 3 is 3.18 bits per heavy atom. The van der Waals surface area contributed by atoms with Crippen molar-refractivity contribution in [3.63, 3.8) is 0 Å². The van der Waals surface area contributed by atoms with Crippen LogP contribution in [0.15, 0.2) is 17.2 Å². The molecule has 5 nitrogen and oxygen atoms in total. The Hall–Kier alpha value is -0.850. The maximum atomic E-state index is 12.0. The molecule has 0 saturated carbocycles. The van der Waals surface area contributed by atoms with Crippen LogP contribution < -0.4 is 9.62 Å². The second-order valence-corrected chi connectivity index (χ2v) is 6.49. The summed E-state index contributed by atoms with van der Waals surface area (Å²) in [6.45, 7) is 1.29. The van der Waals surface area contributed by atoms with Crippen LogP contribution in [-0.4, -0.2) is 32.5 Å². The van der Waals surface area contributed by atoms with Crippen LogP contribution in [0.1, 0.15) is 12.8 Å². The Morgan fingerprint density at radius 2 is 2.35 bits per heavy atom. The highest BCUT2D eigenvalue weighted by molar-refractivity contribution is 7.89. The maximum Gasteiger partial charge on any atom is 0.244 e. The molecule has 1 saturated heterocycles. The molecule has 7 heteroatoms. The molecule has 17 heavy (non-hydrogen) atoms. The number of hydrogen-bond acceptors (Lipinski definition) is 4. The lowest BCUT2D eigenvalue weighted by atomic mass is 10.2. The third-order valence-electron chi connectivity index (χ3n) is 3.25. The van der Waals surface area contributed by atoms with E-state index in [0.717, 1.165) is 19.4 Å². The Morgan fingerprint density at radius 1 is 1.53 bits per heavy atom. The van der Waals surface area contributed by atoms with Crippen molar-refractivity contribution < 1.29 is 8.42 Å². The average Bonchev–Trinajstić information content (AvgIpc) is 2.71. The fourth-order valence-electron chi connectivity index (χ4n) is 2.44. The first-order valence-corrected chi connectivity index (χ1v) is 7.36. The van der Waals surface area contributed by atoms with Gasteiger partial charge in [-0.15, -0.1) is 0 Å². The normalized spacial score (nSPS) is 26.2. The molecule has 0 aromatic carbocycles. The fourth-order valence-corrected chi connectivity index (χ4v) is 3.92. The van der Waals surface area contributed by atoms with Crippen LogP contribution in [0.4, 0.5) is 5.82 Å². The molecule has 0 spiro atoms. The topological polar surface area (TPSA) is 62.3 Å². The molecule has 1 atom stereocenters. The number of fused-ring (bicyclic) bond motifs is 3. The van der Waals surface area contributed by atoms with Crippen LogP contribution >= 0.6 is 11.6 Å². The van der Waals surface area contributed by atoms with Gasteiger partial charge in [0.15, 0.2) is 0 Å². The number of rotatable bonds is 0. The largest absolute Gasteiger partial charge is 0.351 e. The highest BCUT2D eigenvalue weighted by Gasteiger charge is 2.35. The third-order valence-corrected chi connectivity index (χ3v) is 4.88. The summed E-state index contributed by atoms with van der Waals surface area (Å²) in [5, 5.41) is 0.340. The molecular formula is C10H12ClN3O2S. The summed E-state index contributed by atoms with van der Waals surface area (Å²) < 4.78 is 26.7. The van der Waals surface area contributed by atoms with Gasteiger partial charge >= 0.3 is 0 Å². The van der Waals surface area contributed by atoms with Crippen molar-refractivity contribution in [1.29, 1.82) is 0 Å². The van der Waals surface area contributed by atoms with Gasteiger partial charge in [0.25, 0.3) is 0 Å². The lowest BCUT2D eigenvalue weighted by Gasteiger charge is -2.23. The molecule has 0 unspecified atom stereocenters. The van der Waals surface area contributed by atoms with Gasteiger partial charge in [-0.05, 0) is 18.9 Å². The zero-order valence-corrected chi connectivity index (χ0v) is 10.6. The van der Waals surface area contributed by atoms with E-state index in [2.05, 4.69) is 14.6 Å². The maximum absolute atomic E-state index is 12.0. The van der Waals surface area contributed by atoms with E-state index in [-0.39, 0.29) is 10.9 Å². The van der Waals surface area contributed by atoms with Gasteiger partial charge in [-0.1, -0.05) is 11.6 Å². The zero-order valence-electron chi connectivity index (χ0n) is 9.06. The van der Waals surface area contributed by atoms with E-state index < -0.39 is 10.0 Å². The van der Waals surface area contributed by atoms with Gasteiger partial charge in [-0.2, -0.15) is 0 Å². The van der Waals surface area contributed by atoms with Crippen LogP contribution in [-0.2, 0) is 10.0 Å². The summed E-state index contributed by atoms with van der Waals surface area (Å²) in [7, 11) is -3.48. The quantitative estimate of drug-likeness (QED) is 0.766. The van der Waals surface area contributed by atoms with Crippen molar-refractivity contribution in [3.05, 3.63) is 17.3 Å². The second-order valence-electron chi connectivity index (χ2n) is 4.32. The Bertz CT molecular complexity index is 561. The van der Waals surface area contributed by atoms with Gasteiger partial charge in [0.1, 0.15) is 10.7 Å². The summed E-state index contributed by atoms with van der Waals surface area (Å²) in [6, 6.07) is 1.67. The Kier molecular flexibility index (Phi) is 2.53. The monoisotopic (exact) mass is 273 g/mol. The molecular weight excluding hydrogens is 262 g/mol. The summed E-state index contributed by atoms with van der Waals surface area (Å²) >= 11 is 5.83. The smallest absolute Gasteiger partial charge is 0.244 e. The zero-order chi connectivity index (χ0) is 12.0. The molecule has 2 aliphatic rings. The van der Waals surface area contributed by atoms with E-state index in [0.29, 0.717) is 17.4 Å². The van der Waals surface area contributed by atoms with E-state index in [4.69, 9.17) is 11.6 Å². The summed E-state index contributed by atoms with van der Waals surface area (Å²) in [4.78, 5) is 6.44. The summed E-state index contributed by atoms with van der Waals surface area (Å²) in [5.74, 6) is 0.530. The summed E-state index contributed by atoms with van der Waals surface area (Å²) in [5.41, 5.74) is 0. The number of aromatic nitrogens is 1. The number of hydrogen-bond donors (Lipinski definition) is 1. The van der Waals surface area contributed by atoms with Gasteiger partial charge in [0.05, 0.1) is 5.02 Å². The number of sulfonamides is 1. The average molecular weight is 274 g/mol. The number of anilines is 1. The Balaban J connectivity index is 2.22. The minimum atomic E-state index is -3.48. The highest BCUT2D eigenvalue weighted by atomic mass is 35.5. The first kappa shape index (κ1) is 11.3.